The van der Waals surface area contributed by atoms with Gasteiger partial charge in [-0.3, -0.25) is 0 Å². The minimum Gasteiger partial charge on any atom is -0.491 e. The Morgan fingerprint density at radius 2 is 2.00 bits per heavy atom. The van der Waals surface area contributed by atoms with Gasteiger partial charge in [-0.15, -0.1) is 0 Å². The van der Waals surface area contributed by atoms with Gasteiger partial charge in [-0.05, 0) is 37.8 Å². The fourth-order valence-electron chi connectivity index (χ4n) is 2.20. The van der Waals surface area contributed by atoms with Crippen LogP contribution in [0, 0.1) is 0 Å². The number of ether oxygens (including phenoxy) is 1. The second-order valence-corrected chi connectivity index (χ2v) is 7.71. The average molecular weight is 306 g/mol. The number of thiazole rings is 1. The van der Waals surface area contributed by atoms with E-state index >= 15 is 0 Å². The van der Waals surface area contributed by atoms with Crippen LogP contribution in [0.3, 0.4) is 0 Å². The second kappa shape index (κ2) is 6.22. The van der Waals surface area contributed by atoms with Gasteiger partial charge in [0.2, 0.25) is 0 Å². The summed E-state index contributed by atoms with van der Waals surface area (Å²) in [5.41, 5.74) is 2.31. The van der Waals surface area contributed by atoms with Crippen molar-refractivity contribution in [3.8, 4) is 5.75 Å². The average Bonchev–Trinajstić information content (AvgIpc) is 2.75. The summed E-state index contributed by atoms with van der Waals surface area (Å²) >= 11 is 1.70. The monoisotopic (exact) mass is 306 g/mol. The Morgan fingerprint density at radius 3 is 2.57 bits per heavy atom. The van der Waals surface area contributed by atoms with Gasteiger partial charge in [0, 0.05) is 12.1 Å². The third-order valence-electron chi connectivity index (χ3n) is 3.19. The molecule has 0 aliphatic heterocycles. The fraction of sp³-hybridized carbons (Fsp3) is 0.588. The smallest absolute Gasteiger partial charge is 0.183 e. The SMILES string of the molecule is CCCNc1nc2cc(C(C)(C)C)c(OC(C)C)cc2s1. The molecule has 0 atom stereocenters. The van der Waals surface area contributed by atoms with Crippen LogP contribution in [-0.2, 0) is 5.41 Å². The van der Waals surface area contributed by atoms with Crippen LogP contribution < -0.4 is 10.1 Å². The molecule has 0 aliphatic rings. The number of hydrogen-bond donors (Lipinski definition) is 1. The van der Waals surface area contributed by atoms with E-state index in [0.717, 1.165) is 29.4 Å². The number of benzene rings is 1. The van der Waals surface area contributed by atoms with E-state index in [2.05, 4.69) is 59.0 Å². The molecule has 1 aromatic heterocycles. The minimum absolute atomic E-state index is 0.0407. The maximum absolute atomic E-state index is 6.03. The summed E-state index contributed by atoms with van der Waals surface area (Å²) in [7, 11) is 0. The second-order valence-electron chi connectivity index (χ2n) is 6.68. The highest BCUT2D eigenvalue weighted by atomic mass is 32.1. The Morgan fingerprint density at radius 1 is 1.29 bits per heavy atom. The van der Waals surface area contributed by atoms with E-state index in [1.807, 2.05) is 0 Å². The lowest BCUT2D eigenvalue weighted by atomic mass is 9.86. The number of fused-ring (bicyclic) bond motifs is 1. The quantitative estimate of drug-likeness (QED) is 0.824. The molecular weight excluding hydrogens is 280 g/mol. The van der Waals surface area contributed by atoms with Crippen molar-refractivity contribution in [2.75, 3.05) is 11.9 Å². The molecule has 0 saturated carbocycles. The van der Waals surface area contributed by atoms with Crippen molar-refractivity contribution in [3.05, 3.63) is 17.7 Å². The molecule has 0 radical (unpaired) electrons. The lowest BCUT2D eigenvalue weighted by molar-refractivity contribution is 0.237. The van der Waals surface area contributed by atoms with Gasteiger partial charge in [0.1, 0.15) is 5.75 Å². The summed E-state index contributed by atoms with van der Waals surface area (Å²) in [4.78, 5) is 4.70. The van der Waals surface area contributed by atoms with Crippen LogP contribution in [0.4, 0.5) is 5.13 Å². The first kappa shape index (κ1) is 16.1. The fourth-order valence-corrected chi connectivity index (χ4v) is 3.10. The molecular formula is C17H26N2OS. The van der Waals surface area contributed by atoms with Gasteiger partial charge in [0.15, 0.2) is 5.13 Å². The topological polar surface area (TPSA) is 34.2 Å². The molecule has 0 fully saturated rings. The molecule has 0 amide bonds. The Labute approximate surface area is 131 Å². The van der Waals surface area contributed by atoms with Crippen LogP contribution in [0.15, 0.2) is 12.1 Å². The zero-order valence-electron chi connectivity index (χ0n) is 13.9. The Balaban J connectivity index is 2.48. The van der Waals surface area contributed by atoms with E-state index in [1.165, 1.54) is 10.3 Å². The Hall–Kier alpha value is -1.29. The number of hydrogen-bond acceptors (Lipinski definition) is 4. The van der Waals surface area contributed by atoms with Gasteiger partial charge in [-0.2, -0.15) is 0 Å². The number of rotatable bonds is 5. The van der Waals surface area contributed by atoms with Crippen molar-refractivity contribution in [2.45, 2.75) is 59.5 Å². The van der Waals surface area contributed by atoms with Crippen LogP contribution >= 0.6 is 11.3 Å². The third-order valence-corrected chi connectivity index (χ3v) is 4.16. The molecule has 3 nitrogen and oxygen atoms in total. The van der Waals surface area contributed by atoms with E-state index in [1.54, 1.807) is 11.3 Å². The summed E-state index contributed by atoms with van der Waals surface area (Å²) in [6, 6.07) is 4.32. The van der Waals surface area contributed by atoms with Gasteiger partial charge in [0.25, 0.3) is 0 Å². The number of aromatic nitrogens is 1. The van der Waals surface area contributed by atoms with Gasteiger partial charge >= 0.3 is 0 Å². The predicted octanol–water partition coefficient (Wildman–Crippen LogP) is 5.20. The lowest BCUT2D eigenvalue weighted by Gasteiger charge is -2.24. The van der Waals surface area contributed by atoms with Gasteiger partial charge in [-0.1, -0.05) is 39.0 Å². The lowest BCUT2D eigenvalue weighted by Crippen LogP contribution is -2.16. The summed E-state index contributed by atoms with van der Waals surface area (Å²) in [6.45, 7) is 13.9. The zero-order chi connectivity index (χ0) is 15.6. The van der Waals surface area contributed by atoms with Gasteiger partial charge in [0.05, 0.1) is 16.3 Å². The summed E-state index contributed by atoms with van der Waals surface area (Å²) in [5, 5.41) is 4.36. The highest BCUT2D eigenvalue weighted by molar-refractivity contribution is 7.22. The van der Waals surface area contributed by atoms with Crippen molar-refractivity contribution in [2.24, 2.45) is 0 Å². The highest BCUT2D eigenvalue weighted by Gasteiger charge is 2.21. The maximum atomic E-state index is 6.03. The molecule has 0 saturated heterocycles. The predicted molar refractivity (Wildman–Crippen MR) is 92.9 cm³/mol. The normalized spacial score (nSPS) is 12.1. The third kappa shape index (κ3) is 3.88. The molecule has 0 bridgehead atoms. The number of nitrogens with zero attached hydrogens (tertiary/aromatic N) is 1. The summed E-state index contributed by atoms with van der Waals surface area (Å²) in [6.07, 6.45) is 1.28. The van der Waals surface area contributed by atoms with Crippen LogP contribution in [0.5, 0.6) is 5.75 Å². The van der Waals surface area contributed by atoms with Crippen LogP contribution in [-0.4, -0.2) is 17.6 Å². The summed E-state index contributed by atoms with van der Waals surface area (Å²) in [5.74, 6) is 0.982. The van der Waals surface area contributed by atoms with E-state index < -0.39 is 0 Å². The van der Waals surface area contributed by atoms with Gasteiger partial charge in [-0.25, -0.2) is 4.98 Å². The molecule has 1 aromatic carbocycles. The van der Waals surface area contributed by atoms with E-state index in [0.29, 0.717) is 0 Å². The maximum Gasteiger partial charge on any atom is 0.183 e. The first-order chi connectivity index (χ1) is 9.81. The van der Waals surface area contributed by atoms with E-state index in [-0.39, 0.29) is 11.5 Å². The minimum atomic E-state index is 0.0407. The first-order valence-corrected chi connectivity index (χ1v) is 8.48. The molecule has 4 heteroatoms. The Bertz CT molecular complexity index is 611. The van der Waals surface area contributed by atoms with Crippen LogP contribution in [0.25, 0.3) is 10.2 Å². The molecule has 0 aliphatic carbocycles. The number of anilines is 1. The molecule has 0 unspecified atom stereocenters. The molecule has 116 valence electrons. The van der Waals surface area contributed by atoms with Gasteiger partial charge < -0.3 is 10.1 Å². The molecule has 2 rings (SSSR count). The Kier molecular flexibility index (Phi) is 4.77. The van der Waals surface area contributed by atoms with Crippen molar-refractivity contribution in [1.29, 1.82) is 0 Å². The van der Waals surface area contributed by atoms with Crippen molar-refractivity contribution < 1.29 is 4.74 Å². The summed E-state index contributed by atoms with van der Waals surface area (Å²) < 4.78 is 7.21. The molecule has 2 aromatic rings. The van der Waals surface area contributed by atoms with Crippen LogP contribution in [0.1, 0.15) is 53.5 Å². The van der Waals surface area contributed by atoms with Crippen LogP contribution in [0.2, 0.25) is 0 Å². The molecule has 1 heterocycles. The van der Waals surface area contributed by atoms with E-state index in [4.69, 9.17) is 9.72 Å². The van der Waals surface area contributed by atoms with Crippen molar-refractivity contribution in [1.82, 2.24) is 4.98 Å². The molecule has 0 spiro atoms. The molecule has 1 N–H and O–H groups in total. The number of nitrogens with one attached hydrogen (secondary N) is 1. The largest absolute Gasteiger partial charge is 0.491 e. The van der Waals surface area contributed by atoms with Crippen molar-refractivity contribution in [3.63, 3.8) is 0 Å². The molecule has 21 heavy (non-hydrogen) atoms. The standard InChI is InChI=1S/C17H26N2OS/c1-7-8-18-16-19-13-9-12(17(4,5)6)14(20-11(2)3)10-15(13)21-16/h9-11H,7-8H2,1-6H3,(H,18,19). The first-order valence-electron chi connectivity index (χ1n) is 7.67. The zero-order valence-corrected chi connectivity index (χ0v) is 14.7. The highest BCUT2D eigenvalue weighted by Crippen LogP contribution is 2.38. The van der Waals surface area contributed by atoms with Crippen molar-refractivity contribution >= 4 is 26.7 Å². The van der Waals surface area contributed by atoms with E-state index in [9.17, 15) is 0 Å².